The maximum absolute atomic E-state index is 12.9. The average Bonchev–Trinajstić information content (AvgIpc) is 2.69. The lowest BCUT2D eigenvalue weighted by Gasteiger charge is -2.30. The van der Waals surface area contributed by atoms with Crippen molar-refractivity contribution in [2.24, 2.45) is 5.92 Å². The first-order valence-corrected chi connectivity index (χ1v) is 11.5. The summed E-state index contributed by atoms with van der Waals surface area (Å²) in [5, 5.41) is 3.17. The first-order valence-electron chi connectivity index (χ1n) is 9.68. The summed E-state index contributed by atoms with van der Waals surface area (Å²) in [6.45, 7) is 6.70. The second-order valence-corrected chi connectivity index (χ2v) is 8.89. The quantitative estimate of drug-likeness (QED) is 0.574. The number of halogens is 1. The number of carbonyl (C=O) groups excluding carboxylic acids is 1. The Balaban J connectivity index is 1.89. The fraction of sp³-hybridized carbons (Fsp3) is 0.632. The minimum Gasteiger partial charge on any atom is -0.492 e. The van der Waals surface area contributed by atoms with Crippen LogP contribution >= 0.6 is 11.6 Å². The number of ether oxygens (including phenoxy) is 2. The lowest BCUT2D eigenvalue weighted by Crippen LogP contribution is -2.43. The van der Waals surface area contributed by atoms with Crippen LogP contribution in [0.15, 0.2) is 23.1 Å². The van der Waals surface area contributed by atoms with Gasteiger partial charge >= 0.3 is 0 Å². The molecule has 1 fully saturated rings. The SMILES string of the molecule is CCOCCCNC(=O)C1CCN(S(=O)(=O)c2ccc(OCC)c(Cl)c2)CC1. The fourth-order valence-electron chi connectivity index (χ4n) is 3.10. The van der Waals surface area contributed by atoms with Crippen LogP contribution in [0, 0.1) is 5.92 Å². The van der Waals surface area contributed by atoms with Crippen molar-refractivity contribution in [3.63, 3.8) is 0 Å². The van der Waals surface area contributed by atoms with Crippen LogP contribution in [-0.4, -0.2) is 58.1 Å². The number of rotatable bonds is 10. The molecule has 0 spiro atoms. The van der Waals surface area contributed by atoms with Crippen molar-refractivity contribution in [2.45, 2.75) is 38.0 Å². The summed E-state index contributed by atoms with van der Waals surface area (Å²) in [6, 6.07) is 4.49. The molecule has 9 heteroatoms. The van der Waals surface area contributed by atoms with E-state index in [0.29, 0.717) is 58.0 Å². The van der Waals surface area contributed by atoms with Crippen molar-refractivity contribution in [1.82, 2.24) is 9.62 Å². The molecule has 1 heterocycles. The molecule has 0 aliphatic carbocycles. The molecule has 1 N–H and O–H groups in total. The van der Waals surface area contributed by atoms with Crippen molar-refractivity contribution in [3.8, 4) is 5.75 Å². The average molecular weight is 433 g/mol. The molecular weight excluding hydrogens is 404 g/mol. The van der Waals surface area contributed by atoms with Crippen molar-refractivity contribution in [2.75, 3.05) is 39.5 Å². The lowest BCUT2D eigenvalue weighted by molar-refractivity contribution is -0.126. The number of hydrogen-bond acceptors (Lipinski definition) is 5. The third-order valence-electron chi connectivity index (χ3n) is 4.63. The molecule has 1 saturated heterocycles. The highest BCUT2D eigenvalue weighted by molar-refractivity contribution is 7.89. The van der Waals surface area contributed by atoms with E-state index in [1.54, 1.807) is 6.07 Å². The van der Waals surface area contributed by atoms with Gasteiger partial charge in [-0.2, -0.15) is 4.31 Å². The fourth-order valence-corrected chi connectivity index (χ4v) is 4.89. The topological polar surface area (TPSA) is 84.9 Å². The summed E-state index contributed by atoms with van der Waals surface area (Å²) < 4.78 is 37.7. The molecule has 1 aliphatic rings. The van der Waals surface area contributed by atoms with Crippen molar-refractivity contribution in [1.29, 1.82) is 0 Å². The van der Waals surface area contributed by atoms with Crippen LogP contribution in [0.2, 0.25) is 5.02 Å². The van der Waals surface area contributed by atoms with Crippen molar-refractivity contribution in [3.05, 3.63) is 23.2 Å². The minimum absolute atomic E-state index is 0.0161. The van der Waals surface area contributed by atoms with Crippen LogP contribution < -0.4 is 10.1 Å². The lowest BCUT2D eigenvalue weighted by atomic mass is 9.97. The number of nitrogens with zero attached hydrogens (tertiary/aromatic N) is 1. The van der Waals surface area contributed by atoms with E-state index in [1.165, 1.54) is 16.4 Å². The smallest absolute Gasteiger partial charge is 0.243 e. The number of carbonyl (C=O) groups is 1. The summed E-state index contributed by atoms with van der Waals surface area (Å²) in [7, 11) is -3.65. The Morgan fingerprint density at radius 3 is 2.57 bits per heavy atom. The maximum atomic E-state index is 12.9. The zero-order chi connectivity index (χ0) is 20.6. The number of benzene rings is 1. The zero-order valence-corrected chi connectivity index (χ0v) is 18.0. The van der Waals surface area contributed by atoms with Crippen LogP contribution in [0.4, 0.5) is 0 Å². The number of sulfonamides is 1. The molecule has 0 saturated carbocycles. The van der Waals surface area contributed by atoms with Crippen molar-refractivity contribution < 1.29 is 22.7 Å². The molecule has 158 valence electrons. The summed E-state index contributed by atoms with van der Waals surface area (Å²) in [4.78, 5) is 12.4. The van der Waals surface area contributed by atoms with E-state index in [0.717, 1.165) is 6.42 Å². The molecule has 1 amide bonds. The van der Waals surface area contributed by atoms with Crippen LogP contribution in [0.3, 0.4) is 0 Å². The molecule has 0 unspecified atom stereocenters. The van der Waals surface area contributed by atoms with Gasteiger partial charge in [0, 0.05) is 38.8 Å². The van der Waals surface area contributed by atoms with E-state index in [2.05, 4.69) is 5.32 Å². The van der Waals surface area contributed by atoms with Gasteiger partial charge in [-0.1, -0.05) is 11.6 Å². The Labute approximate surface area is 172 Å². The molecule has 1 aromatic rings. The van der Waals surface area contributed by atoms with Gasteiger partial charge in [0.05, 0.1) is 16.5 Å². The monoisotopic (exact) mass is 432 g/mol. The van der Waals surface area contributed by atoms with Gasteiger partial charge in [0.25, 0.3) is 0 Å². The van der Waals surface area contributed by atoms with E-state index in [1.807, 2.05) is 13.8 Å². The Kier molecular flexibility index (Phi) is 9.01. The van der Waals surface area contributed by atoms with Crippen LogP contribution in [0.5, 0.6) is 5.75 Å². The second-order valence-electron chi connectivity index (χ2n) is 6.55. The van der Waals surface area contributed by atoms with Gasteiger partial charge in [-0.15, -0.1) is 0 Å². The van der Waals surface area contributed by atoms with Crippen LogP contribution in [-0.2, 0) is 19.6 Å². The Bertz CT molecular complexity index is 749. The number of amides is 1. The van der Waals surface area contributed by atoms with Gasteiger partial charge in [-0.25, -0.2) is 8.42 Å². The maximum Gasteiger partial charge on any atom is 0.243 e. The number of nitrogens with one attached hydrogen (secondary N) is 1. The Hall–Kier alpha value is -1.35. The second kappa shape index (κ2) is 11.0. The Morgan fingerprint density at radius 1 is 1.25 bits per heavy atom. The predicted octanol–water partition coefficient (Wildman–Crippen LogP) is 2.68. The highest BCUT2D eigenvalue weighted by Crippen LogP contribution is 2.30. The van der Waals surface area contributed by atoms with Gasteiger partial charge < -0.3 is 14.8 Å². The molecule has 1 aliphatic heterocycles. The molecule has 1 aromatic carbocycles. The highest BCUT2D eigenvalue weighted by atomic mass is 35.5. The molecule has 0 aromatic heterocycles. The van der Waals surface area contributed by atoms with E-state index < -0.39 is 10.0 Å². The van der Waals surface area contributed by atoms with E-state index in [4.69, 9.17) is 21.1 Å². The molecule has 0 bridgehead atoms. The van der Waals surface area contributed by atoms with E-state index in [-0.39, 0.29) is 21.7 Å². The minimum atomic E-state index is -3.65. The van der Waals surface area contributed by atoms with Crippen molar-refractivity contribution >= 4 is 27.5 Å². The highest BCUT2D eigenvalue weighted by Gasteiger charge is 2.32. The molecule has 2 rings (SSSR count). The third-order valence-corrected chi connectivity index (χ3v) is 6.82. The summed E-state index contributed by atoms with van der Waals surface area (Å²) in [5.74, 6) is 0.281. The van der Waals surface area contributed by atoms with Gasteiger partial charge in [0.1, 0.15) is 5.75 Å². The van der Waals surface area contributed by atoms with Gasteiger partial charge in [-0.3, -0.25) is 4.79 Å². The molecule has 28 heavy (non-hydrogen) atoms. The summed E-state index contributed by atoms with van der Waals surface area (Å²) >= 11 is 6.13. The van der Waals surface area contributed by atoms with Gasteiger partial charge in [-0.05, 0) is 51.3 Å². The van der Waals surface area contributed by atoms with E-state index in [9.17, 15) is 13.2 Å². The Morgan fingerprint density at radius 2 is 1.96 bits per heavy atom. The molecule has 0 radical (unpaired) electrons. The molecule has 0 atom stereocenters. The van der Waals surface area contributed by atoms with E-state index >= 15 is 0 Å². The first-order chi connectivity index (χ1) is 13.4. The number of hydrogen-bond donors (Lipinski definition) is 1. The summed E-state index contributed by atoms with van der Waals surface area (Å²) in [6.07, 6.45) is 1.77. The normalized spacial score (nSPS) is 16.1. The standard InChI is InChI=1S/C19H29ClN2O5S/c1-3-26-13-5-10-21-19(23)15-8-11-22(12-9-15)28(24,25)16-6-7-18(27-4-2)17(20)14-16/h6-7,14-15H,3-5,8-13H2,1-2H3,(H,21,23). The predicted molar refractivity (Wildman–Crippen MR) is 108 cm³/mol. The van der Waals surface area contributed by atoms with Gasteiger partial charge in [0.2, 0.25) is 15.9 Å². The first kappa shape index (κ1) is 22.9. The van der Waals surface area contributed by atoms with Crippen LogP contribution in [0.25, 0.3) is 0 Å². The van der Waals surface area contributed by atoms with Gasteiger partial charge in [0.15, 0.2) is 0 Å². The number of piperidine rings is 1. The molecular formula is C19H29ClN2O5S. The molecule has 7 nitrogen and oxygen atoms in total. The van der Waals surface area contributed by atoms with Crippen LogP contribution in [0.1, 0.15) is 33.1 Å². The third kappa shape index (κ3) is 6.07. The largest absolute Gasteiger partial charge is 0.492 e. The zero-order valence-electron chi connectivity index (χ0n) is 16.4. The summed E-state index contributed by atoms with van der Waals surface area (Å²) in [5.41, 5.74) is 0.